The number of benzene rings is 1. The summed E-state index contributed by atoms with van der Waals surface area (Å²) in [5.41, 5.74) is 0.449. The third-order valence-electron chi connectivity index (χ3n) is 3.54. The first kappa shape index (κ1) is 14.4. The van der Waals surface area contributed by atoms with Crippen LogP contribution in [0.2, 0.25) is 0 Å². The summed E-state index contributed by atoms with van der Waals surface area (Å²) in [6.45, 7) is 2.04. The van der Waals surface area contributed by atoms with E-state index < -0.39 is 0 Å². The zero-order valence-electron chi connectivity index (χ0n) is 11.8. The largest absolute Gasteiger partial charge is 0.482 e. The first-order valence-electron chi connectivity index (χ1n) is 7.14. The maximum Gasteiger partial charge on any atom is 0.258 e. The van der Waals surface area contributed by atoms with Gasteiger partial charge in [0.15, 0.2) is 6.61 Å². The first-order chi connectivity index (χ1) is 9.72. The van der Waals surface area contributed by atoms with Crippen LogP contribution in [0, 0.1) is 17.2 Å². The summed E-state index contributed by atoms with van der Waals surface area (Å²) in [7, 11) is 0. The molecule has 0 saturated heterocycles. The summed E-state index contributed by atoms with van der Waals surface area (Å²) in [4.78, 5) is 11.9. The van der Waals surface area contributed by atoms with Crippen molar-refractivity contribution >= 4 is 5.91 Å². The van der Waals surface area contributed by atoms with Gasteiger partial charge in [-0.25, -0.2) is 0 Å². The molecule has 1 aromatic carbocycles. The zero-order chi connectivity index (χ0) is 14.4. The zero-order valence-corrected chi connectivity index (χ0v) is 11.8. The number of carbonyl (C=O) groups is 1. The number of nitrogens with one attached hydrogen (secondary N) is 1. The molecule has 1 aliphatic rings. The standard InChI is InChI=1S/C16H20N2O2/c1-2-14(9-12-7-8-12)18-16(19)11-20-15-6-4-3-5-13(15)10-17/h3-6,12,14H,2,7-9,11H2,1H3,(H,18,19). The second-order valence-corrected chi connectivity index (χ2v) is 5.25. The second-order valence-electron chi connectivity index (χ2n) is 5.25. The van der Waals surface area contributed by atoms with Crippen molar-refractivity contribution in [2.45, 2.75) is 38.6 Å². The van der Waals surface area contributed by atoms with E-state index in [4.69, 9.17) is 10.00 Å². The molecule has 1 unspecified atom stereocenters. The molecule has 0 aliphatic heterocycles. The lowest BCUT2D eigenvalue weighted by molar-refractivity contribution is -0.123. The highest BCUT2D eigenvalue weighted by Crippen LogP contribution is 2.34. The summed E-state index contributed by atoms with van der Waals surface area (Å²) < 4.78 is 5.42. The molecule has 1 aliphatic carbocycles. The van der Waals surface area contributed by atoms with Gasteiger partial charge in [0.1, 0.15) is 11.8 Å². The summed E-state index contributed by atoms with van der Waals surface area (Å²) in [5.74, 6) is 1.13. The molecule has 1 aromatic rings. The van der Waals surface area contributed by atoms with Gasteiger partial charge in [-0.05, 0) is 30.9 Å². The van der Waals surface area contributed by atoms with E-state index in [1.165, 1.54) is 12.8 Å². The molecule has 4 nitrogen and oxygen atoms in total. The Bertz CT molecular complexity index is 503. The average Bonchev–Trinajstić information content (AvgIpc) is 3.28. The second kappa shape index (κ2) is 6.95. The minimum atomic E-state index is -0.120. The van der Waals surface area contributed by atoms with Gasteiger partial charge in [-0.1, -0.05) is 31.9 Å². The average molecular weight is 272 g/mol. The summed E-state index contributed by atoms with van der Waals surface area (Å²) in [6.07, 6.45) is 4.59. The number of amides is 1. The topological polar surface area (TPSA) is 62.1 Å². The molecule has 1 saturated carbocycles. The Morgan fingerprint density at radius 2 is 2.25 bits per heavy atom. The van der Waals surface area contributed by atoms with Crippen molar-refractivity contribution in [3.05, 3.63) is 29.8 Å². The highest BCUT2D eigenvalue weighted by Gasteiger charge is 2.25. The van der Waals surface area contributed by atoms with Gasteiger partial charge >= 0.3 is 0 Å². The maximum absolute atomic E-state index is 11.9. The molecular weight excluding hydrogens is 252 g/mol. The minimum absolute atomic E-state index is 0.0418. The molecule has 0 heterocycles. The monoisotopic (exact) mass is 272 g/mol. The summed E-state index contributed by atoms with van der Waals surface area (Å²) in [6, 6.07) is 9.23. The van der Waals surface area contributed by atoms with E-state index in [0.717, 1.165) is 18.8 Å². The Hall–Kier alpha value is -2.02. The van der Waals surface area contributed by atoms with Gasteiger partial charge in [0, 0.05) is 6.04 Å². The van der Waals surface area contributed by atoms with Crippen molar-refractivity contribution < 1.29 is 9.53 Å². The van der Waals surface area contributed by atoms with Crippen LogP contribution in [0.25, 0.3) is 0 Å². The Labute approximate surface area is 119 Å². The van der Waals surface area contributed by atoms with Gasteiger partial charge in [-0.15, -0.1) is 0 Å². The van der Waals surface area contributed by atoms with Crippen LogP contribution in [0.1, 0.15) is 38.2 Å². The lowest BCUT2D eigenvalue weighted by Gasteiger charge is -2.17. The van der Waals surface area contributed by atoms with Crippen LogP contribution in [-0.4, -0.2) is 18.6 Å². The van der Waals surface area contributed by atoms with Gasteiger partial charge in [-0.2, -0.15) is 5.26 Å². The minimum Gasteiger partial charge on any atom is -0.482 e. The molecule has 1 fully saturated rings. The molecule has 0 bridgehead atoms. The molecule has 2 rings (SSSR count). The van der Waals surface area contributed by atoms with E-state index in [9.17, 15) is 4.79 Å². The van der Waals surface area contributed by atoms with E-state index in [1.807, 2.05) is 6.07 Å². The Morgan fingerprint density at radius 1 is 1.50 bits per heavy atom. The predicted molar refractivity (Wildman–Crippen MR) is 76.2 cm³/mol. The van der Waals surface area contributed by atoms with Gasteiger partial charge in [0.25, 0.3) is 5.91 Å². The molecular formula is C16H20N2O2. The third kappa shape index (κ3) is 4.27. The first-order valence-corrected chi connectivity index (χ1v) is 7.14. The van der Waals surface area contributed by atoms with Crippen molar-refractivity contribution in [3.63, 3.8) is 0 Å². The smallest absolute Gasteiger partial charge is 0.258 e. The molecule has 20 heavy (non-hydrogen) atoms. The Kier molecular flexibility index (Phi) is 5.00. The molecule has 1 N–H and O–H groups in total. The number of carbonyl (C=O) groups excluding carboxylic acids is 1. The molecule has 106 valence electrons. The van der Waals surface area contributed by atoms with E-state index >= 15 is 0 Å². The summed E-state index contributed by atoms with van der Waals surface area (Å²) >= 11 is 0. The highest BCUT2D eigenvalue weighted by molar-refractivity contribution is 5.77. The Morgan fingerprint density at radius 3 is 2.90 bits per heavy atom. The van der Waals surface area contributed by atoms with Crippen molar-refractivity contribution in [2.75, 3.05) is 6.61 Å². The van der Waals surface area contributed by atoms with Crippen LogP contribution in [-0.2, 0) is 4.79 Å². The number of hydrogen-bond donors (Lipinski definition) is 1. The quantitative estimate of drug-likeness (QED) is 0.830. The van der Waals surface area contributed by atoms with Crippen LogP contribution < -0.4 is 10.1 Å². The van der Waals surface area contributed by atoms with E-state index in [1.54, 1.807) is 24.3 Å². The lowest BCUT2D eigenvalue weighted by Crippen LogP contribution is -2.37. The van der Waals surface area contributed by atoms with Crippen LogP contribution in [0.15, 0.2) is 24.3 Å². The molecule has 4 heteroatoms. The van der Waals surface area contributed by atoms with E-state index in [-0.39, 0.29) is 18.6 Å². The SMILES string of the molecule is CCC(CC1CC1)NC(=O)COc1ccccc1C#N. The summed E-state index contributed by atoms with van der Waals surface area (Å²) in [5, 5.41) is 11.9. The normalized spacial score (nSPS) is 15.2. The fourth-order valence-corrected chi connectivity index (χ4v) is 2.18. The molecule has 0 aromatic heterocycles. The number of nitriles is 1. The van der Waals surface area contributed by atoms with Crippen LogP contribution in [0.4, 0.5) is 0 Å². The highest BCUT2D eigenvalue weighted by atomic mass is 16.5. The fourth-order valence-electron chi connectivity index (χ4n) is 2.18. The fraction of sp³-hybridized carbons (Fsp3) is 0.500. The number of hydrogen-bond acceptors (Lipinski definition) is 3. The van der Waals surface area contributed by atoms with Crippen LogP contribution in [0.5, 0.6) is 5.75 Å². The van der Waals surface area contributed by atoms with Crippen molar-refractivity contribution in [1.29, 1.82) is 5.26 Å². The lowest BCUT2D eigenvalue weighted by atomic mass is 10.1. The van der Waals surface area contributed by atoms with Gasteiger partial charge in [-0.3, -0.25) is 4.79 Å². The van der Waals surface area contributed by atoms with Crippen molar-refractivity contribution in [1.82, 2.24) is 5.32 Å². The molecule has 1 atom stereocenters. The molecule has 1 amide bonds. The number of ether oxygens (including phenoxy) is 1. The predicted octanol–water partition coefficient (Wildman–Crippen LogP) is 2.63. The van der Waals surface area contributed by atoms with Gasteiger partial charge < -0.3 is 10.1 Å². The van der Waals surface area contributed by atoms with E-state index in [2.05, 4.69) is 12.2 Å². The van der Waals surface area contributed by atoms with Crippen molar-refractivity contribution in [2.24, 2.45) is 5.92 Å². The molecule has 0 radical (unpaired) electrons. The van der Waals surface area contributed by atoms with Gasteiger partial charge in [0.05, 0.1) is 5.56 Å². The van der Waals surface area contributed by atoms with Crippen molar-refractivity contribution in [3.8, 4) is 11.8 Å². The van der Waals surface area contributed by atoms with Crippen LogP contribution in [0.3, 0.4) is 0 Å². The van der Waals surface area contributed by atoms with Crippen LogP contribution >= 0.6 is 0 Å². The Balaban J connectivity index is 1.80. The number of rotatable bonds is 7. The maximum atomic E-state index is 11.9. The van der Waals surface area contributed by atoms with Gasteiger partial charge in [0.2, 0.25) is 0 Å². The number of para-hydroxylation sites is 1. The number of nitrogens with zero attached hydrogens (tertiary/aromatic N) is 1. The van der Waals surface area contributed by atoms with E-state index in [0.29, 0.717) is 11.3 Å². The third-order valence-corrected chi connectivity index (χ3v) is 3.54. The molecule has 0 spiro atoms.